The van der Waals surface area contributed by atoms with E-state index in [1.807, 2.05) is 19.1 Å². The number of benzene rings is 1. The van der Waals surface area contributed by atoms with Crippen molar-refractivity contribution >= 4 is 32.6 Å². The lowest BCUT2D eigenvalue weighted by Gasteiger charge is -2.32. The Morgan fingerprint density at radius 1 is 1.21 bits per heavy atom. The van der Waals surface area contributed by atoms with Crippen LogP contribution in [0.25, 0.3) is 10.2 Å². The average molecular weight is 402 g/mol. The number of nitrogens with one attached hydrogen (secondary N) is 1. The first-order chi connectivity index (χ1) is 13.7. The van der Waals surface area contributed by atoms with Gasteiger partial charge in [0.15, 0.2) is 5.13 Å². The summed E-state index contributed by atoms with van der Waals surface area (Å²) in [6.45, 7) is 4.42. The van der Waals surface area contributed by atoms with Crippen molar-refractivity contribution in [3.63, 3.8) is 0 Å². The zero-order chi connectivity index (χ0) is 19.3. The van der Waals surface area contributed by atoms with Gasteiger partial charge in [-0.15, -0.1) is 0 Å². The Labute approximate surface area is 171 Å². The molecule has 4 rings (SSSR count). The van der Waals surface area contributed by atoms with Gasteiger partial charge in [-0.2, -0.15) is 0 Å². The zero-order valence-electron chi connectivity index (χ0n) is 16.8. The number of thiazole rings is 1. The molecule has 1 saturated carbocycles. The maximum absolute atomic E-state index is 12.9. The molecule has 1 aromatic heterocycles. The monoisotopic (exact) mass is 401 g/mol. The molecule has 0 radical (unpaired) electrons. The minimum absolute atomic E-state index is 0.0722. The highest BCUT2D eigenvalue weighted by Gasteiger charge is 2.29. The van der Waals surface area contributed by atoms with Crippen molar-refractivity contribution in [3.8, 4) is 5.75 Å². The van der Waals surface area contributed by atoms with Gasteiger partial charge < -0.3 is 15.0 Å². The Kier molecular flexibility index (Phi) is 6.35. The van der Waals surface area contributed by atoms with E-state index in [1.165, 1.54) is 25.7 Å². The van der Waals surface area contributed by atoms with Crippen molar-refractivity contribution in [2.24, 2.45) is 5.92 Å². The molecule has 1 N–H and O–H groups in total. The summed E-state index contributed by atoms with van der Waals surface area (Å²) in [4.78, 5) is 20.0. The molecule has 1 atom stereocenters. The lowest BCUT2D eigenvalue weighted by Crippen LogP contribution is -2.46. The van der Waals surface area contributed by atoms with Gasteiger partial charge in [0.25, 0.3) is 0 Å². The fraction of sp³-hybridized carbons (Fsp3) is 0.636. The molecule has 0 bridgehead atoms. The Morgan fingerprint density at radius 3 is 2.82 bits per heavy atom. The van der Waals surface area contributed by atoms with E-state index in [2.05, 4.69) is 16.3 Å². The molecule has 28 heavy (non-hydrogen) atoms. The first-order valence-electron chi connectivity index (χ1n) is 10.8. The molecule has 6 heteroatoms. The second-order valence-corrected chi connectivity index (χ2v) is 9.05. The molecule has 152 valence electrons. The molecule has 1 aliphatic heterocycles. The molecule has 1 saturated heterocycles. The zero-order valence-corrected chi connectivity index (χ0v) is 17.6. The molecule has 5 nitrogen and oxygen atoms in total. The lowest BCUT2D eigenvalue weighted by atomic mass is 9.96. The van der Waals surface area contributed by atoms with Crippen LogP contribution < -0.4 is 15.0 Å². The molecule has 1 aromatic carbocycles. The second-order valence-electron chi connectivity index (χ2n) is 8.04. The third kappa shape index (κ3) is 4.59. The summed E-state index contributed by atoms with van der Waals surface area (Å²) in [6, 6.07) is 6.46. The summed E-state index contributed by atoms with van der Waals surface area (Å²) in [5.41, 5.74) is 1.01. The molecule has 1 unspecified atom stereocenters. The largest absolute Gasteiger partial charge is 0.494 e. The molecule has 1 aliphatic carbocycles. The number of nitrogens with zero attached hydrogens (tertiary/aromatic N) is 2. The van der Waals surface area contributed by atoms with E-state index in [9.17, 15) is 4.79 Å². The summed E-state index contributed by atoms with van der Waals surface area (Å²) in [5, 5.41) is 4.37. The first-order valence-corrected chi connectivity index (χ1v) is 11.6. The number of piperidine rings is 1. The Bertz CT molecular complexity index is 798. The van der Waals surface area contributed by atoms with E-state index in [1.54, 1.807) is 11.3 Å². The van der Waals surface area contributed by atoms with Crippen molar-refractivity contribution < 1.29 is 9.53 Å². The third-order valence-corrected chi connectivity index (χ3v) is 7.00. The Hall–Kier alpha value is -1.82. The van der Waals surface area contributed by atoms with E-state index < -0.39 is 0 Å². The predicted octanol–water partition coefficient (Wildman–Crippen LogP) is 4.75. The van der Waals surface area contributed by atoms with Crippen LogP contribution in [0.5, 0.6) is 5.75 Å². The van der Waals surface area contributed by atoms with Gasteiger partial charge >= 0.3 is 0 Å². The van der Waals surface area contributed by atoms with Gasteiger partial charge in [-0.1, -0.05) is 37.0 Å². The molecule has 2 aromatic rings. The third-order valence-electron chi connectivity index (χ3n) is 5.92. The first kappa shape index (κ1) is 19.5. The highest BCUT2D eigenvalue weighted by molar-refractivity contribution is 7.22. The minimum Gasteiger partial charge on any atom is -0.494 e. The van der Waals surface area contributed by atoms with Crippen LogP contribution in [0.15, 0.2) is 18.2 Å². The summed E-state index contributed by atoms with van der Waals surface area (Å²) < 4.78 is 6.76. The van der Waals surface area contributed by atoms with Crippen LogP contribution in [0, 0.1) is 5.92 Å². The minimum atomic E-state index is 0.0722. The van der Waals surface area contributed by atoms with Gasteiger partial charge in [0.1, 0.15) is 5.75 Å². The number of carbonyl (C=O) groups excluding carboxylic acids is 1. The van der Waals surface area contributed by atoms with E-state index in [0.717, 1.165) is 59.9 Å². The lowest BCUT2D eigenvalue weighted by molar-refractivity contribution is -0.126. The fourth-order valence-electron chi connectivity index (χ4n) is 4.39. The summed E-state index contributed by atoms with van der Waals surface area (Å²) in [7, 11) is 0. The summed E-state index contributed by atoms with van der Waals surface area (Å²) >= 11 is 1.70. The Morgan fingerprint density at radius 2 is 2.04 bits per heavy atom. The van der Waals surface area contributed by atoms with Gasteiger partial charge in [-0.25, -0.2) is 4.98 Å². The van der Waals surface area contributed by atoms with Gasteiger partial charge in [-0.3, -0.25) is 4.79 Å². The van der Waals surface area contributed by atoms with E-state index >= 15 is 0 Å². The van der Waals surface area contributed by atoms with Crippen LogP contribution in [-0.4, -0.2) is 36.6 Å². The average Bonchev–Trinajstić information content (AvgIpc) is 2.97. The van der Waals surface area contributed by atoms with Crippen molar-refractivity contribution in [1.29, 1.82) is 0 Å². The van der Waals surface area contributed by atoms with Crippen LogP contribution in [0.2, 0.25) is 0 Å². The topological polar surface area (TPSA) is 54.5 Å². The van der Waals surface area contributed by atoms with Crippen molar-refractivity contribution in [3.05, 3.63) is 18.2 Å². The normalized spacial score (nSPS) is 21.5. The van der Waals surface area contributed by atoms with E-state index in [4.69, 9.17) is 9.72 Å². The van der Waals surface area contributed by atoms with Crippen LogP contribution in [0.1, 0.15) is 58.3 Å². The number of rotatable bonds is 5. The number of anilines is 1. The summed E-state index contributed by atoms with van der Waals surface area (Å²) in [6.07, 6.45) is 9.43. The molecule has 2 aliphatic rings. The number of ether oxygens (including phenoxy) is 1. The Balaban J connectivity index is 1.41. The highest BCUT2D eigenvalue weighted by Crippen LogP contribution is 2.33. The molecule has 2 fully saturated rings. The van der Waals surface area contributed by atoms with Crippen LogP contribution in [0.4, 0.5) is 5.13 Å². The van der Waals surface area contributed by atoms with E-state index in [-0.39, 0.29) is 11.8 Å². The smallest absolute Gasteiger partial charge is 0.225 e. The summed E-state index contributed by atoms with van der Waals surface area (Å²) in [5.74, 6) is 1.21. The van der Waals surface area contributed by atoms with Crippen LogP contribution in [-0.2, 0) is 4.79 Å². The van der Waals surface area contributed by atoms with Crippen molar-refractivity contribution in [2.45, 2.75) is 64.3 Å². The van der Waals surface area contributed by atoms with Gasteiger partial charge in [0.2, 0.25) is 5.91 Å². The number of hydrogen-bond donors (Lipinski definition) is 1. The molecule has 2 heterocycles. The van der Waals surface area contributed by atoms with Crippen LogP contribution >= 0.6 is 11.3 Å². The number of aromatic nitrogens is 1. The highest BCUT2D eigenvalue weighted by atomic mass is 32.1. The van der Waals surface area contributed by atoms with E-state index in [0.29, 0.717) is 12.6 Å². The van der Waals surface area contributed by atoms with Gasteiger partial charge in [0.05, 0.1) is 22.7 Å². The molecular weight excluding hydrogens is 370 g/mol. The van der Waals surface area contributed by atoms with Crippen LogP contribution in [0.3, 0.4) is 0 Å². The number of carbonyl (C=O) groups is 1. The van der Waals surface area contributed by atoms with Gasteiger partial charge in [-0.05, 0) is 50.8 Å². The van der Waals surface area contributed by atoms with Crippen molar-refractivity contribution in [1.82, 2.24) is 10.3 Å². The van der Waals surface area contributed by atoms with Crippen molar-refractivity contribution in [2.75, 3.05) is 24.6 Å². The predicted molar refractivity (Wildman–Crippen MR) is 115 cm³/mol. The SMILES string of the molecule is CCOc1ccc2nc(N3CCCC(C(=O)NC4CCCCCC4)C3)sc2c1. The molecule has 0 spiro atoms. The number of amides is 1. The number of hydrogen-bond acceptors (Lipinski definition) is 5. The standard InChI is InChI=1S/C22H31N3O2S/c1-2-27-18-11-12-19-20(14-18)28-22(24-19)25-13-7-8-16(15-25)21(26)23-17-9-5-3-4-6-10-17/h11-12,14,16-17H,2-10,13,15H2,1H3,(H,23,26). The quantitative estimate of drug-likeness (QED) is 0.735. The molecular formula is C22H31N3O2S. The maximum Gasteiger partial charge on any atom is 0.225 e. The fourth-order valence-corrected chi connectivity index (χ4v) is 5.42. The maximum atomic E-state index is 12.9. The molecule has 1 amide bonds. The van der Waals surface area contributed by atoms with Gasteiger partial charge in [0, 0.05) is 19.1 Å². The second kappa shape index (κ2) is 9.12. The number of fused-ring (bicyclic) bond motifs is 1.